The van der Waals surface area contributed by atoms with Crippen LogP contribution in [0.5, 0.6) is 11.5 Å². The molecule has 1 aromatic carbocycles. The highest BCUT2D eigenvalue weighted by molar-refractivity contribution is 5.76. The average Bonchev–Trinajstić information content (AvgIpc) is 2.69. The van der Waals surface area contributed by atoms with Gasteiger partial charge >= 0.3 is 0 Å². The number of piperidine rings is 1. The van der Waals surface area contributed by atoms with Crippen LogP contribution < -0.4 is 15.0 Å². The molecule has 144 valence electrons. The molecule has 0 aliphatic carbocycles. The molecule has 2 aromatic rings. The molecule has 1 aromatic heterocycles. The van der Waals surface area contributed by atoms with Crippen LogP contribution in [0.4, 0.5) is 0 Å². The number of carbonyl (C=O) groups is 1. The monoisotopic (exact) mass is 371 g/mol. The van der Waals surface area contributed by atoms with Gasteiger partial charge in [0.2, 0.25) is 5.91 Å². The Labute approximate surface area is 158 Å². The highest BCUT2D eigenvalue weighted by atomic mass is 16.5. The van der Waals surface area contributed by atoms with Crippen molar-refractivity contribution in [3.05, 3.63) is 40.7 Å². The van der Waals surface area contributed by atoms with Crippen molar-refractivity contribution >= 4 is 5.91 Å². The molecule has 7 nitrogen and oxygen atoms in total. The van der Waals surface area contributed by atoms with Crippen LogP contribution in [0.1, 0.15) is 19.8 Å². The first-order valence-electron chi connectivity index (χ1n) is 9.10. The van der Waals surface area contributed by atoms with Crippen LogP contribution in [0.2, 0.25) is 0 Å². The molecule has 3 rings (SSSR count). The van der Waals surface area contributed by atoms with Gasteiger partial charge in [0.1, 0.15) is 6.54 Å². The number of methoxy groups -OCH3 is 2. The van der Waals surface area contributed by atoms with Gasteiger partial charge in [0.15, 0.2) is 11.5 Å². The van der Waals surface area contributed by atoms with E-state index in [1.54, 1.807) is 32.4 Å². The Kier molecular flexibility index (Phi) is 5.78. The van der Waals surface area contributed by atoms with Gasteiger partial charge in [-0.3, -0.25) is 9.59 Å². The normalized spacial score (nSPS) is 14.9. The summed E-state index contributed by atoms with van der Waals surface area (Å²) in [6.45, 7) is 3.63. The smallest absolute Gasteiger partial charge is 0.267 e. The van der Waals surface area contributed by atoms with Crippen LogP contribution in [-0.4, -0.2) is 47.9 Å². The van der Waals surface area contributed by atoms with E-state index in [4.69, 9.17) is 9.47 Å². The third kappa shape index (κ3) is 4.30. The molecule has 0 saturated carbocycles. The fourth-order valence-corrected chi connectivity index (χ4v) is 3.20. The van der Waals surface area contributed by atoms with Gasteiger partial charge in [0, 0.05) is 24.7 Å². The molecule has 1 fully saturated rings. The van der Waals surface area contributed by atoms with Crippen molar-refractivity contribution in [2.75, 3.05) is 27.3 Å². The van der Waals surface area contributed by atoms with Gasteiger partial charge in [0.25, 0.3) is 5.56 Å². The zero-order valence-electron chi connectivity index (χ0n) is 16.0. The maximum absolute atomic E-state index is 12.5. The molecule has 1 saturated heterocycles. The summed E-state index contributed by atoms with van der Waals surface area (Å²) >= 11 is 0. The molecule has 1 aliphatic rings. The summed E-state index contributed by atoms with van der Waals surface area (Å²) in [5, 5.41) is 4.38. The van der Waals surface area contributed by atoms with Gasteiger partial charge in [-0.25, -0.2) is 4.68 Å². The predicted molar refractivity (Wildman–Crippen MR) is 102 cm³/mol. The number of nitrogens with zero attached hydrogens (tertiary/aromatic N) is 3. The van der Waals surface area contributed by atoms with Crippen LogP contribution in [0, 0.1) is 5.92 Å². The third-order valence-electron chi connectivity index (χ3n) is 4.97. The van der Waals surface area contributed by atoms with Crippen LogP contribution in [0.25, 0.3) is 11.3 Å². The second-order valence-corrected chi connectivity index (χ2v) is 6.85. The van der Waals surface area contributed by atoms with Crippen molar-refractivity contribution in [3.63, 3.8) is 0 Å². The molecular formula is C20H25N3O4. The van der Waals surface area contributed by atoms with Crippen molar-refractivity contribution in [3.8, 4) is 22.8 Å². The molecule has 7 heteroatoms. The molecule has 0 N–H and O–H groups in total. The van der Waals surface area contributed by atoms with Gasteiger partial charge in [-0.1, -0.05) is 6.92 Å². The zero-order valence-corrected chi connectivity index (χ0v) is 16.0. The van der Waals surface area contributed by atoms with E-state index in [1.165, 1.54) is 10.7 Å². The minimum Gasteiger partial charge on any atom is -0.493 e. The predicted octanol–water partition coefficient (Wildman–Crippen LogP) is 2.19. The summed E-state index contributed by atoms with van der Waals surface area (Å²) < 4.78 is 11.8. The number of likely N-dealkylation sites (tertiary alicyclic amines) is 1. The topological polar surface area (TPSA) is 73.7 Å². The Balaban J connectivity index is 1.82. The molecular weight excluding hydrogens is 346 g/mol. The largest absolute Gasteiger partial charge is 0.493 e. The number of rotatable bonds is 5. The average molecular weight is 371 g/mol. The van der Waals surface area contributed by atoms with Crippen LogP contribution in [0.3, 0.4) is 0 Å². The highest BCUT2D eigenvalue weighted by Crippen LogP contribution is 2.31. The maximum Gasteiger partial charge on any atom is 0.267 e. The number of benzene rings is 1. The first-order chi connectivity index (χ1) is 13.0. The third-order valence-corrected chi connectivity index (χ3v) is 4.97. The quantitative estimate of drug-likeness (QED) is 0.805. The van der Waals surface area contributed by atoms with E-state index >= 15 is 0 Å². The number of hydrogen-bond acceptors (Lipinski definition) is 5. The van der Waals surface area contributed by atoms with Crippen molar-refractivity contribution in [2.24, 2.45) is 5.92 Å². The number of hydrogen-bond donors (Lipinski definition) is 0. The molecule has 27 heavy (non-hydrogen) atoms. The Morgan fingerprint density at radius 2 is 1.81 bits per heavy atom. The van der Waals surface area contributed by atoms with Crippen molar-refractivity contribution < 1.29 is 14.3 Å². The molecule has 2 heterocycles. The van der Waals surface area contributed by atoms with Crippen LogP contribution >= 0.6 is 0 Å². The minimum absolute atomic E-state index is 0.0473. The van der Waals surface area contributed by atoms with E-state index in [9.17, 15) is 9.59 Å². The molecule has 0 radical (unpaired) electrons. The van der Waals surface area contributed by atoms with Gasteiger partial charge in [0.05, 0.1) is 19.9 Å². The Morgan fingerprint density at radius 1 is 1.11 bits per heavy atom. The van der Waals surface area contributed by atoms with Crippen molar-refractivity contribution in [1.29, 1.82) is 0 Å². The molecule has 0 unspecified atom stereocenters. The molecule has 0 atom stereocenters. The lowest BCUT2D eigenvalue weighted by atomic mass is 9.99. The SMILES string of the molecule is COc1ccc(-c2ccc(=O)n(CC(=O)N3CCC(C)CC3)n2)cc1OC. The fourth-order valence-electron chi connectivity index (χ4n) is 3.20. The maximum atomic E-state index is 12.5. The van der Waals surface area contributed by atoms with Crippen molar-refractivity contribution in [2.45, 2.75) is 26.3 Å². The summed E-state index contributed by atoms with van der Waals surface area (Å²) in [6.07, 6.45) is 2.00. The van der Waals surface area contributed by atoms with E-state index in [1.807, 2.05) is 11.0 Å². The number of aromatic nitrogens is 2. The van der Waals surface area contributed by atoms with Crippen LogP contribution in [0.15, 0.2) is 35.1 Å². The van der Waals surface area contributed by atoms with E-state index < -0.39 is 0 Å². The number of ether oxygens (including phenoxy) is 2. The van der Waals surface area contributed by atoms with Gasteiger partial charge < -0.3 is 14.4 Å². The number of amides is 1. The summed E-state index contributed by atoms with van der Waals surface area (Å²) in [5.74, 6) is 1.77. The standard InChI is InChI=1S/C20H25N3O4/c1-14-8-10-22(11-9-14)20(25)13-23-19(24)7-5-16(21-23)15-4-6-17(26-2)18(12-15)27-3/h4-7,12,14H,8-11,13H2,1-3H3. The summed E-state index contributed by atoms with van der Waals surface area (Å²) in [4.78, 5) is 26.5. The van der Waals surface area contributed by atoms with Gasteiger partial charge in [-0.2, -0.15) is 5.10 Å². The Bertz CT molecular complexity index is 870. The lowest BCUT2D eigenvalue weighted by molar-refractivity contribution is -0.133. The second-order valence-electron chi connectivity index (χ2n) is 6.85. The van der Waals surface area contributed by atoms with Crippen LogP contribution in [-0.2, 0) is 11.3 Å². The minimum atomic E-state index is -0.294. The van der Waals surface area contributed by atoms with Gasteiger partial charge in [-0.05, 0) is 43.0 Å². The zero-order chi connectivity index (χ0) is 19.4. The van der Waals surface area contributed by atoms with E-state index in [0.29, 0.717) is 23.1 Å². The lowest BCUT2D eigenvalue weighted by Gasteiger charge is -2.30. The number of carbonyl (C=O) groups excluding carboxylic acids is 1. The first kappa shape index (κ1) is 18.9. The molecule has 0 spiro atoms. The van der Waals surface area contributed by atoms with E-state index in [-0.39, 0.29) is 18.0 Å². The Hall–Kier alpha value is -2.83. The molecule has 1 amide bonds. The Morgan fingerprint density at radius 3 is 2.48 bits per heavy atom. The second kappa shape index (κ2) is 8.24. The summed E-state index contributed by atoms with van der Waals surface area (Å²) in [7, 11) is 3.14. The summed E-state index contributed by atoms with van der Waals surface area (Å²) in [5.41, 5.74) is 1.08. The fraction of sp³-hybridized carbons (Fsp3) is 0.450. The van der Waals surface area contributed by atoms with E-state index in [2.05, 4.69) is 12.0 Å². The lowest BCUT2D eigenvalue weighted by Crippen LogP contribution is -2.41. The van der Waals surface area contributed by atoms with Crippen molar-refractivity contribution in [1.82, 2.24) is 14.7 Å². The molecule has 1 aliphatic heterocycles. The van der Waals surface area contributed by atoms with Gasteiger partial charge in [-0.15, -0.1) is 0 Å². The highest BCUT2D eigenvalue weighted by Gasteiger charge is 2.21. The summed E-state index contributed by atoms with van der Waals surface area (Å²) in [6, 6.07) is 8.50. The molecule has 0 bridgehead atoms. The first-order valence-corrected chi connectivity index (χ1v) is 9.10. The van der Waals surface area contributed by atoms with E-state index in [0.717, 1.165) is 31.5 Å².